The van der Waals surface area contributed by atoms with Crippen molar-refractivity contribution in [2.45, 2.75) is 46.6 Å². The number of pyridine rings is 2. The summed E-state index contributed by atoms with van der Waals surface area (Å²) >= 11 is 1.56. The quantitative estimate of drug-likeness (QED) is 0.556. The molecule has 0 bridgehead atoms. The Labute approximate surface area is 192 Å². The third-order valence-corrected chi connectivity index (χ3v) is 6.70. The maximum absolute atomic E-state index is 13.6. The first kappa shape index (κ1) is 22.3. The van der Waals surface area contributed by atoms with E-state index in [1.165, 1.54) is 0 Å². The second-order valence-corrected chi connectivity index (χ2v) is 9.31. The van der Waals surface area contributed by atoms with Crippen LogP contribution in [0.1, 0.15) is 54.7 Å². The smallest absolute Gasteiger partial charge is 0.265 e. The summed E-state index contributed by atoms with van der Waals surface area (Å²) in [5.74, 6) is 0.918. The number of amidine groups is 1. The van der Waals surface area contributed by atoms with E-state index in [4.69, 9.17) is 4.99 Å². The lowest BCUT2D eigenvalue weighted by molar-refractivity contribution is 0.0847. The number of benzene rings is 1. The summed E-state index contributed by atoms with van der Waals surface area (Å²) in [5, 5.41) is 1.12. The van der Waals surface area contributed by atoms with Gasteiger partial charge in [-0.3, -0.25) is 14.5 Å². The number of hydrogen-bond donors (Lipinski definition) is 0. The molecule has 0 spiro atoms. The zero-order chi connectivity index (χ0) is 22.8. The van der Waals surface area contributed by atoms with Crippen LogP contribution in [0, 0.1) is 6.92 Å². The van der Waals surface area contributed by atoms with E-state index in [0.717, 1.165) is 29.1 Å². The van der Waals surface area contributed by atoms with Gasteiger partial charge in [-0.25, -0.2) is 9.98 Å². The molecule has 7 heteroatoms. The number of para-hydroxylation sites is 1. The molecule has 0 aliphatic carbocycles. The molecule has 1 saturated heterocycles. The van der Waals surface area contributed by atoms with Crippen LogP contribution in [0.2, 0.25) is 0 Å². The minimum Gasteiger partial charge on any atom is -0.332 e. The first-order valence-electron chi connectivity index (χ1n) is 11.0. The van der Waals surface area contributed by atoms with Gasteiger partial charge in [-0.05, 0) is 49.9 Å². The molecule has 1 aromatic carbocycles. The number of aliphatic imine (C=N–C) groups is 1. The van der Waals surface area contributed by atoms with Gasteiger partial charge in [0.2, 0.25) is 5.43 Å². The number of aromatic nitrogens is 2. The van der Waals surface area contributed by atoms with Gasteiger partial charge in [0.15, 0.2) is 5.17 Å². The van der Waals surface area contributed by atoms with Crippen LogP contribution in [0.15, 0.2) is 52.4 Å². The number of thioether (sulfide) groups is 1. The number of fused-ring (bicyclic) bond motifs is 1. The van der Waals surface area contributed by atoms with Gasteiger partial charge in [0.05, 0.1) is 11.1 Å². The van der Waals surface area contributed by atoms with Gasteiger partial charge in [0.1, 0.15) is 11.2 Å². The highest BCUT2D eigenvalue weighted by atomic mass is 32.2. The summed E-state index contributed by atoms with van der Waals surface area (Å²) in [6.07, 6.45) is 2.51. The molecule has 2 aromatic heterocycles. The summed E-state index contributed by atoms with van der Waals surface area (Å²) in [6, 6.07) is 11.6. The third kappa shape index (κ3) is 4.21. The molecular formula is C25H28N4O2S. The zero-order valence-corrected chi connectivity index (χ0v) is 19.8. The highest BCUT2D eigenvalue weighted by Gasteiger charge is 2.28. The number of carbonyl (C=O) groups excluding carboxylic acids is 1. The van der Waals surface area contributed by atoms with Crippen LogP contribution < -0.4 is 5.43 Å². The van der Waals surface area contributed by atoms with E-state index in [1.54, 1.807) is 28.9 Å². The van der Waals surface area contributed by atoms with Gasteiger partial charge in [0, 0.05) is 30.7 Å². The first-order valence-corrected chi connectivity index (χ1v) is 12.0. The van der Waals surface area contributed by atoms with E-state index in [2.05, 4.69) is 24.9 Å². The Morgan fingerprint density at radius 2 is 2.00 bits per heavy atom. The lowest BCUT2D eigenvalue weighted by Gasteiger charge is -2.28. The average Bonchev–Trinajstić information content (AvgIpc) is 2.79. The topological polar surface area (TPSA) is 67.6 Å². The molecule has 6 nitrogen and oxygen atoms in total. The number of aryl methyl sites for hydroxylation is 2. The SMILES string of the molecule is CCn1cc(C(=O)N2CCCSC2=Nc2ccccc2C(C)C)c(=O)c2ccc(C)nc21. The second kappa shape index (κ2) is 9.28. The predicted molar refractivity (Wildman–Crippen MR) is 132 cm³/mol. The number of carbonyl (C=O) groups is 1. The summed E-state index contributed by atoms with van der Waals surface area (Å²) < 4.78 is 1.87. The van der Waals surface area contributed by atoms with Crippen LogP contribution in [0.5, 0.6) is 0 Å². The van der Waals surface area contributed by atoms with Gasteiger partial charge >= 0.3 is 0 Å². The summed E-state index contributed by atoms with van der Waals surface area (Å²) in [4.78, 5) is 37.9. The van der Waals surface area contributed by atoms with E-state index in [0.29, 0.717) is 35.2 Å². The Morgan fingerprint density at radius 1 is 1.22 bits per heavy atom. The minimum absolute atomic E-state index is 0.164. The van der Waals surface area contributed by atoms with Crippen molar-refractivity contribution in [1.82, 2.24) is 14.5 Å². The van der Waals surface area contributed by atoms with E-state index in [9.17, 15) is 9.59 Å². The van der Waals surface area contributed by atoms with Crippen LogP contribution in [0.3, 0.4) is 0 Å². The van der Waals surface area contributed by atoms with E-state index in [-0.39, 0.29) is 16.9 Å². The fourth-order valence-electron chi connectivity index (χ4n) is 3.92. The predicted octanol–water partition coefficient (Wildman–Crippen LogP) is 5.12. The second-order valence-electron chi connectivity index (χ2n) is 8.25. The van der Waals surface area contributed by atoms with Crippen molar-refractivity contribution in [3.8, 4) is 0 Å². The van der Waals surface area contributed by atoms with Crippen molar-refractivity contribution in [3.05, 3.63) is 69.6 Å². The summed E-state index contributed by atoms with van der Waals surface area (Å²) in [5.41, 5.74) is 3.34. The van der Waals surface area contributed by atoms with Crippen LogP contribution in [0.4, 0.5) is 5.69 Å². The number of amides is 1. The largest absolute Gasteiger partial charge is 0.332 e. The maximum Gasteiger partial charge on any atom is 0.265 e. The molecule has 4 rings (SSSR count). The number of nitrogens with zero attached hydrogens (tertiary/aromatic N) is 4. The Hall–Kier alpha value is -2.93. The molecule has 0 N–H and O–H groups in total. The van der Waals surface area contributed by atoms with Crippen LogP contribution in [0.25, 0.3) is 11.0 Å². The van der Waals surface area contributed by atoms with E-state index in [1.807, 2.05) is 42.7 Å². The Morgan fingerprint density at radius 3 is 2.75 bits per heavy atom. The van der Waals surface area contributed by atoms with Crippen LogP contribution in [-0.4, -0.2) is 37.8 Å². The fourth-order valence-corrected chi connectivity index (χ4v) is 4.87. The van der Waals surface area contributed by atoms with Crippen molar-refractivity contribution >= 4 is 39.6 Å². The number of hydrogen-bond acceptors (Lipinski definition) is 5. The van der Waals surface area contributed by atoms with Gasteiger partial charge in [0.25, 0.3) is 5.91 Å². The highest BCUT2D eigenvalue weighted by Crippen LogP contribution is 2.30. The molecule has 0 unspecified atom stereocenters. The Kier molecular flexibility index (Phi) is 6.46. The maximum atomic E-state index is 13.6. The van der Waals surface area contributed by atoms with Gasteiger partial charge in [-0.2, -0.15) is 0 Å². The standard InChI is InChI=1S/C25H28N4O2S/c1-5-28-15-20(22(30)19-12-11-17(4)26-23(19)28)24(31)29-13-8-14-32-25(29)27-21-10-7-6-9-18(21)16(2)3/h6-7,9-12,15-16H,5,8,13-14H2,1-4H3. The van der Waals surface area contributed by atoms with Gasteiger partial charge in [-0.15, -0.1) is 0 Å². The van der Waals surface area contributed by atoms with Crippen molar-refractivity contribution < 1.29 is 4.79 Å². The average molecular weight is 449 g/mol. The summed E-state index contributed by atoms with van der Waals surface area (Å²) in [7, 11) is 0. The Balaban J connectivity index is 1.80. The van der Waals surface area contributed by atoms with Crippen molar-refractivity contribution in [2.75, 3.05) is 12.3 Å². The first-order chi connectivity index (χ1) is 15.4. The molecule has 1 aliphatic rings. The molecule has 0 saturated carbocycles. The molecule has 0 atom stereocenters. The monoisotopic (exact) mass is 448 g/mol. The normalized spacial score (nSPS) is 15.7. The molecule has 1 amide bonds. The molecule has 166 valence electrons. The molecule has 3 heterocycles. The Bertz CT molecular complexity index is 1260. The molecule has 1 aliphatic heterocycles. The number of rotatable bonds is 4. The van der Waals surface area contributed by atoms with Crippen LogP contribution >= 0.6 is 11.8 Å². The van der Waals surface area contributed by atoms with Crippen LogP contribution in [-0.2, 0) is 6.54 Å². The molecular weight excluding hydrogens is 420 g/mol. The molecule has 0 radical (unpaired) electrons. The molecule has 1 fully saturated rings. The van der Waals surface area contributed by atoms with E-state index < -0.39 is 0 Å². The molecule has 32 heavy (non-hydrogen) atoms. The lowest BCUT2D eigenvalue weighted by atomic mass is 10.0. The van der Waals surface area contributed by atoms with Crippen molar-refractivity contribution in [1.29, 1.82) is 0 Å². The van der Waals surface area contributed by atoms with Crippen molar-refractivity contribution in [2.24, 2.45) is 4.99 Å². The lowest BCUT2D eigenvalue weighted by Crippen LogP contribution is -2.41. The highest BCUT2D eigenvalue weighted by molar-refractivity contribution is 8.13. The fraction of sp³-hybridized carbons (Fsp3) is 0.360. The summed E-state index contributed by atoms with van der Waals surface area (Å²) in [6.45, 7) is 9.30. The van der Waals surface area contributed by atoms with Gasteiger partial charge in [-0.1, -0.05) is 43.8 Å². The third-order valence-electron chi connectivity index (χ3n) is 5.64. The van der Waals surface area contributed by atoms with E-state index >= 15 is 0 Å². The van der Waals surface area contributed by atoms with Gasteiger partial charge < -0.3 is 4.57 Å². The minimum atomic E-state index is -0.298. The van der Waals surface area contributed by atoms with Crippen molar-refractivity contribution in [3.63, 3.8) is 0 Å². The molecule has 3 aromatic rings. The zero-order valence-electron chi connectivity index (χ0n) is 19.0.